The third-order valence-electron chi connectivity index (χ3n) is 2.51. The van der Waals surface area contributed by atoms with Crippen LogP contribution in [0.25, 0.3) is 11.4 Å². The third-order valence-corrected chi connectivity index (χ3v) is 2.51. The molecule has 106 valence electrons. The molecule has 1 heterocycles. The van der Waals surface area contributed by atoms with Gasteiger partial charge in [-0.3, -0.25) is 0 Å². The van der Waals surface area contributed by atoms with Crippen LogP contribution in [0.3, 0.4) is 0 Å². The number of aromatic nitrogens is 3. The van der Waals surface area contributed by atoms with E-state index in [0.717, 1.165) is 6.07 Å². The lowest BCUT2D eigenvalue weighted by Gasteiger charge is -2.14. The van der Waals surface area contributed by atoms with E-state index in [1.54, 1.807) is 14.1 Å². The van der Waals surface area contributed by atoms with Crippen LogP contribution >= 0.6 is 0 Å². The van der Waals surface area contributed by atoms with Crippen molar-refractivity contribution in [3.63, 3.8) is 0 Å². The number of hydrogen-bond donors (Lipinski definition) is 1. The lowest BCUT2D eigenvalue weighted by molar-refractivity contribution is -0.137. The van der Waals surface area contributed by atoms with Crippen molar-refractivity contribution in [3.05, 3.63) is 29.8 Å². The SMILES string of the molecule is CN(C)c1nc(N)nc(-c2ccccc2C(F)(F)F)n1. The van der Waals surface area contributed by atoms with E-state index in [4.69, 9.17) is 5.73 Å². The Bertz CT molecular complexity index is 625. The molecular weight excluding hydrogens is 271 g/mol. The Kier molecular flexibility index (Phi) is 3.47. The van der Waals surface area contributed by atoms with Crippen molar-refractivity contribution in [2.45, 2.75) is 6.18 Å². The maximum Gasteiger partial charge on any atom is 0.417 e. The first-order chi connectivity index (χ1) is 9.29. The fourth-order valence-corrected chi connectivity index (χ4v) is 1.63. The molecule has 0 amide bonds. The normalized spacial score (nSPS) is 11.4. The first kappa shape index (κ1) is 14.0. The molecule has 2 rings (SSSR count). The molecule has 0 aliphatic carbocycles. The van der Waals surface area contributed by atoms with Gasteiger partial charge in [-0.15, -0.1) is 0 Å². The molecule has 0 unspecified atom stereocenters. The zero-order chi connectivity index (χ0) is 14.9. The molecule has 5 nitrogen and oxygen atoms in total. The van der Waals surface area contributed by atoms with Gasteiger partial charge in [-0.1, -0.05) is 18.2 Å². The van der Waals surface area contributed by atoms with Gasteiger partial charge in [0.1, 0.15) is 0 Å². The van der Waals surface area contributed by atoms with Gasteiger partial charge >= 0.3 is 6.18 Å². The van der Waals surface area contributed by atoms with E-state index < -0.39 is 11.7 Å². The highest BCUT2D eigenvalue weighted by Gasteiger charge is 2.34. The van der Waals surface area contributed by atoms with Gasteiger partial charge in [-0.2, -0.15) is 28.1 Å². The Labute approximate surface area is 113 Å². The summed E-state index contributed by atoms with van der Waals surface area (Å²) in [4.78, 5) is 13.2. The monoisotopic (exact) mass is 283 g/mol. The van der Waals surface area contributed by atoms with Gasteiger partial charge in [0.05, 0.1) is 5.56 Å². The Hall–Kier alpha value is -2.38. The fourth-order valence-electron chi connectivity index (χ4n) is 1.63. The van der Waals surface area contributed by atoms with Crippen LogP contribution in [0.2, 0.25) is 0 Å². The molecular formula is C12H12F3N5. The van der Waals surface area contributed by atoms with Crippen molar-refractivity contribution in [2.75, 3.05) is 24.7 Å². The average Bonchev–Trinajstić information content (AvgIpc) is 2.37. The molecule has 0 fully saturated rings. The molecule has 0 saturated carbocycles. The number of nitrogen functional groups attached to an aromatic ring is 1. The molecule has 20 heavy (non-hydrogen) atoms. The van der Waals surface area contributed by atoms with Crippen molar-refractivity contribution >= 4 is 11.9 Å². The second-order valence-corrected chi connectivity index (χ2v) is 4.25. The molecule has 0 radical (unpaired) electrons. The summed E-state index contributed by atoms with van der Waals surface area (Å²) in [6.07, 6.45) is -4.49. The van der Waals surface area contributed by atoms with Gasteiger partial charge in [0.15, 0.2) is 5.82 Å². The first-order valence-electron chi connectivity index (χ1n) is 5.64. The van der Waals surface area contributed by atoms with E-state index in [9.17, 15) is 13.2 Å². The zero-order valence-corrected chi connectivity index (χ0v) is 10.8. The van der Waals surface area contributed by atoms with Gasteiger partial charge in [-0.25, -0.2) is 0 Å². The third kappa shape index (κ3) is 2.79. The summed E-state index contributed by atoms with van der Waals surface area (Å²) >= 11 is 0. The van der Waals surface area contributed by atoms with Crippen molar-refractivity contribution < 1.29 is 13.2 Å². The molecule has 8 heteroatoms. The van der Waals surface area contributed by atoms with Crippen LogP contribution in [0.15, 0.2) is 24.3 Å². The predicted molar refractivity (Wildman–Crippen MR) is 69.0 cm³/mol. The standard InChI is InChI=1S/C12H12F3N5/c1-20(2)11-18-9(17-10(16)19-11)7-5-3-4-6-8(7)12(13,14)15/h3-6H,1-2H3,(H2,16,17,18,19). The van der Waals surface area contributed by atoms with Crippen LogP contribution in [-0.2, 0) is 6.18 Å². The molecule has 0 bridgehead atoms. The quantitative estimate of drug-likeness (QED) is 0.915. The van der Waals surface area contributed by atoms with Crippen LogP contribution in [0.1, 0.15) is 5.56 Å². The van der Waals surface area contributed by atoms with Crippen LogP contribution < -0.4 is 10.6 Å². The van der Waals surface area contributed by atoms with Gasteiger partial charge in [0.2, 0.25) is 11.9 Å². The maximum atomic E-state index is 13.0. The van der Waals surface area contributed by atoms with Gasteiger partial charge in [-0.05, 0) is 6.07 Å². The summed E-state index contributed by atoms with van der Waals surface area (Å²) in [7, 11) is 3.32. The second-order valence-electron chi connectivity index (χ2n) is 4.25. The molecule has 1 aromatic carbocycles. The van der Waals surface area contributed by atoms with E-state index >= 15 is 0 Å². The summed E-state index contributed by atoms with van der Waals surface area (Å²) in [5.74, 6) is -0.0331. The number of hydrogen-bond acceptors (Lipinski definition) is 5. The number of benzene rings is 1. The molecule has 2 aromatic rings. The Balaban J connectivity index is 2.63. The summed E-state index contributed by atoms with van der Waals surface area (Å²) in [5.41, 5.74) is 4.59. The van der Waals surface area contributed by atoms with Crippen molar-refractivity contribution in [2.24, 2.45) is 0 Å². The number of rotatable bonds is 2. The van der Waals surface area contributed by atoms with Crippen molar-refractivity contribution in [1.29, 1.82) is 0 Å². The lowest BCUT2D eigenvalue weighted by atomic mass is 10.1. The molecule has 1 aromatic heterocycles. The van der Waals surface area contributed by atoms with E-state index in [0.29, 0.717) is 0 Å². The number of nitrogens with two attached hydrogens (primary N) is 1. The fraction of sp³-hybridized carbons (Fsp3) is 0.250. The Morgan fingerprint density at radius 1 is 1.05 bits per heavy atom. The smallest absolute Gasteiger partial charge is 0.368 e. The topological polar surface area (TPSA) is 67.9 Å². The highest BCUT2D eigenvalue weighted by Crippen LogP contribution is 2.35. The van der Waals surface area contributed by atoms with Crippen molar-refractivity contribution in [1.82, 2.24) is 15.0 Å². The van der Waals surface area contributed by atoms with E-state index in [1.165, 1.54) is 23.1 Å². The minimum Gasteiger partial charge on any atom is -0.368 e. The van der Waals surface area contributed by atoms with Crippen molar-refractivity contribution in [3.8, 4) is 11.4 Å². The molecule has 0 aliphatic heterocycles. The number of alkyl halides is 3. The van der Waals surface area contributed by atoms with E-state index in [1.807, 2.05) is 0 Å². The molecule has 0 spiro atoms. The zero-order valence-electron chi connectivity index (χ0n) is 10.8. The number of halogens is 3. The highest BCUT2D eigenvalue weighted by atomic mass is 19.4. The Morgan fingerprint density at radius 3 is 2.30 bits per heavy atom. The summed E-state index contributed by atoms with van der Waals surface area (Å²) in [5, 5.41) is 0. The summed E-state index contributed by atoms with van der Waals surface area (Å²) < 4.78 is 38.9. The van der Waals surface area contributed by atoms with Crippen LogP contribution in [0.5, 0.6) is 0 Å². The molecule has 0 aliphatic rings. The molecule has 0 atom stereocenters. The maximum absolute atomic E-state index is 13.0. The number of anilines is 2. The van der Waals surface area contributed by atoms with Crippen LogP contribution in [0, 0.1) is 0 Å². The van der Waals surface area contributed by atoms with Gasteiger partial charge < -0.3 is 10.6 Å². The number of nitrogens with zero attached hydrogens (tertiary/aromatic N) is 4. The summed E-state index contributed by atoms with van der Waals surface area (Å²) in [6, 6.07) is 5.07. The lowest BCUT2D eigenvalue weighted by Crippen LogP contribution is -2.16. The largest absolute Gasteiger partial charge is 0.417 e. The van der Waals surface area contributed by atoms with E-state index in [-0.39, 0.29) is 23.3 Å². The summed E-state index contributed by atoms with van der Waals surface area (Å²) in [6.45, 7) is 0. The van der Waals surface area contributed by atoms with Gasteiger partial charge in [0, 0.05) is 19.7 Å². The molecule has 2 N–H and O–H groups in total. The second kappa shape index (κ2) is 4.95. The Morgan fingerprint density at radius 2 is 1.70 bits per heavy atom. The van der Waals surface area contributed by atoms with Crippen LogP contribution in [0.4, 0.5) is 25.1 Å². The average molecular weight is 283 g/mol. The predicted octanol–water partition coefficient (Wildman–Crippen LogP) is 2.21. The van der Waals surface area contributed by atoms with Gasteiger partial charge in [0.25, 0.3) is 0 Å². The first-order valence-corrected chi connectivity index (χ1v) is 5.64. The minimum absolute atomic E-state index is 0.103. The van der Waals surface area contributed by atoms with E-state index in [2.05, 4.69) is 15.0 Å². The highest BCUT2D eigenvalue weighted by molar-refractivity contribution is 5.63. The van der Waals surface area contributed by atoms with Crippen LogP contribution in [-0.4, -0.2) is 29.0 Å². The molecule has 0 saturated heterocycles. The minimum atomic E-state index is -4.49.